The summed E-state index contributed by atoms with van der Waals surface area (Å²) in [5.41, 5.74) is 1.06. The first kappa shape index (κ1) is 21.4. The summed E-state index contributed by atoms with van der Waals surface area (Å²) >= 11 is 3.32. The predicted octanol–water partition coefficient (Wildman–Crippen LogP) is 2.63. The van der Waals surface area contributed by atoms with E-state index in [9.17, 15) is 14.4 Å². The lowest BCUT2D eigenvalue weighted by Gasteiger charge is -2.11. The number of carbonyl (C=O) groups excluding carboxylic acids is 3. The van der Waals surface area contributed by atoms with Crippen LogP contribution in [0.1, 0.15) is 22.8 Å². The van der Waals surface area contributed by atoms with Crippen LogP contribution in [-0.2, 0) is 14.3 Å². The van der Waals surface area contributed by atoms with E-state index in [0.717, 1.165) is 4.47 Å². The van der Waals surface area contributed by atoms with Gasteiger partial charge < -0.3 is 24.8 Å². The Morgan fingerprint density at radius 1 is 1.10 bits per heavy atom. The number of nitrogens with one attached hydrogen (secondary N) is 2. The van der Waals surface area contributed by atoms with Crippen LogP contribution in [0.15, 0.2) is 52.6 Å². The largest absolute Gasteiger partial charge is 0.464 e. The highest BCUT2D eigenvalue weighted by atomic mass is 79.9. The quantitative estimate of drug-likeness (QED) is 0.363. The van der Waals surface area contributed by atoms with Crippen molar-refractivity contribution in [1.82, 2.24) is 10.6 Å². The summed E-state index contributed by atoms with van der Waals surface area (Å²) in [6, 6.07) is 11.9. The van der Waals surface area contributed by atoms with Crippen molar-refractivity contribution in [3.05, 3.63) is 63.8 Å². The predicted molar refractivity (Wildman–Crippen MR) is 112 cm³/mol. The molecule has 30 heavy (non-hydrogen) atoms. The molecule has 0 atom stereocenters. The molecule has 3 rings (SSSR count). The lowest BCUT2D eigenvalue weighted by atomic mass is 10.1. The Kier molecular flexibility index (Phi) is 7.08. The molecule has 2 aromatic rings. The Morgan fingerprint density at radius 3 is 2.57 bits per heavy atom. The molecule has 9 heteroatoms. The maximum Gasteiger partial charge on any atom is 0.302 e. The summed E-state index contributed by atoms with van der Waals surface area (Å²) in [6.07, 6.45) is 1.53. The zero-order valence-electron chi connectivity index (χ0n) is 16.1. The maximum absolute atomic E-state index is 12.6. The molecule has 0 bridgehead atoms. The molecule has 0 aromatic heterocycles. The second-order valence-electron chi connectivity index (χ2n) is 6.23. The van der Waals surface area contributed by atoms with Gasteiger partial charge in [-0.25, -0.2) is 0 Å². The van der Waals surface area contributed by atoms with Crippen molar-refractivity contribution < 1.29 is 28.6 Å². The van der Waals surface area contributed by atoms with Gasteiger partial charge >= 0.3 is 5.97 Å². The van der Waals surface area contributed by atoms with E-state index in [4.69, 9.17) is 14.2 Å². The first-order chi connectivity index (χ1) is 14.4. The smallest absolute Gasteiger partial charge is 0.302 e. The second-order valence-corrected chi connectivity index (χ2v) is 7.14. The van der Waals surface area contributed by atoms with Gasteiger partial charge in [0.25, 0.3) is 11.8 Å². The molecule has 2 amide bonds. The first-order valence-electron chi connectivity index (χ1n) is 9.02. The van der Waals surface area contributed by atoms with Crippen molar-refractivity contribution in [2.45, 2.75) is 6.92 Å². The van der Waals surface area contributed by atoms with Gasteiger partial charge in [-0.15, -0.1) is 0 Å². The van der Waals surface area contributed by atoms with Crippen molar-refractivity contribution in [1.29, 1.82) is 0 Å². The fourth-order valence-electron chi connectivity index (χ4n) is 2.58. The summed E-state index contributed by atoms with van der Waals surface area (Å²) in [5.74, 6) is -0.241. The Bertz CT molecular complexity index is 987. The molecular weight excluding hydrogens is 456 g/mol. The van der Waals surface area contributed by atoms with Crippen LogP contribution in [0.2, 0.25) is 0 Å². The molecule has 0 unspecified atom stereocenters. The monoisotopic (exact) mass is 474 g/mol. The van der Waals surface area contributed by atoms with Crippen LogP contribution in [0.3, 0.4) is 0 Å². The number of rotatable bonds is 7. The molecule has 0 spiro atoms. The average molecular weight is 475 g/mol. The van der Waals surface area contributed by atoms with Crippen LogP contribution in [0.25, 0.3) is 6.08 Å². The van der Waals surface area contributed by atoms with Crippen molar-refractivity contribution >= 4 is 39.8 Å². The highest BCUT2D eigenvalue weighted by Gasteiger charge is 2.17. The summed E-state index contributed by atoms with van der Waals surface area (Å²) in [5, 5.41) is 5.25. The lowest BCUT2D eigenvalue weighted by molar-refractivity contribution is -0.141. The van der Waals surface area contributed by atoms with E-state index in [0.29, 0.717) is 22.6 Å². The molecule has 0 aliphatic carbocycles. The number of fused-ring (bicyclic) bond motifs is 1. The molecule has 0 saturated heterocycles. The van der Waals surface area contributed by atoms with Gasteiger partial charge in [-0.1, -0.05) is 22.0 Å². The molecular formula is C21H19BrN2O6. The number of ether oxygens (including phenoxy) is 3. The molecule has 1 aliphatic heterocycles. The van der Waals surface area contributed by atoms with Crippen molar-refractivity contribution in [2.24, 2.45) is 0 Å². The molecule has 156 valence electrons. The van der Waals surface area contributed by atoms with Crippen molar-refractivity contribution in [2.75, 3.05) is 19.9 Å². The highest BCUT2D eigenvalue weighted by Crippen LogP contribution is 2.33. The second kappa shape index (κ2) is 9.93. The van der Waals surface area contributed by atoms with Crippen molar-refractivity contribution in [3.63, 3.8) is 0 Å². The molecule has 0 saturated carbocycles. The molecule has 8 nitrogen and oxygen atoms in total. The number of hydrogen-bond donors (Lipinski definition) is 2. The fraction of sp³-hybridized carbons (Fsp3) is 0.190. The fourth-order valence-corrected chi connectivity index (χ4v) is 2.84. The van der Waals surface area contributed by atoms with Crippen LogP contribution in [0.4, 0.5) is 0 Å². The van der Waals surface area contributed by atoms with E-state index in [-0.39, 0.29) is 25.6 Å². The average Bonchev–Trinajstić information content (AvgIpc) is 3.18. The zero-order chi connectivity index (χ0) is 21.5. The number of hydrogen-bond acceptors (Lipinski definition) is 6. The van der Waals surface area contributed by atoms with Gasteiger partial charge in [0.1, 0.15) is 12.3 Å². The summed E-state index contributed by atoms with van der Waals surface area (Å²) in [7, 11) is 0. The molecule has 2 aromatic carbocycles. The molecule has 1 heterocycles. The first-order valence-corrected chi connectivity index (χ1v) is 9.81. The van der Waals surface area contributed by atoms with Gasteiger partial charge in [0.15, 0.2) is 11.5 Å². The number of benzene rings is 2. The molecule has 2 N–H and O–H groups in total. The van der Waals surface area contributed by atoms with E-state index in [1.807, 2.05) is 0 Å². The van der Waals surface area contributed by atoms with Crippen LogP contribution in [-0.4, -0.2) is 37.7 Å². The third kappa shape index (κ3) is 5.84. The Hall–Kier alpha value is -3.33. The summed E-state index contributed by atoms with van der Waals surface area (Å²) in [6.45, 7) is 1.54. The van der Waals surface area contributed by atoms with E-state index in [2.05, 4.69) is 26.6 Å². The molecule has 0 fully saturated rings. The van der Waals surface area contributed by atoms with E-state index >= 15 is 0 Å². The van der Waals surface area contributed by atoms with Crippen LogP contribution >= 0.6 is 15.9 Å². The zero-order valence-corrected chi connectivity index (χ0v) is 17.7. The number of carbonyl (C=O) groups is 3. The van der Waals surface area contributed by atoms with Crippen LogP contribution in [0.5, 0.6) is 11.5 Å². The van der Waals surface area contributed by atoms with Gasteiger partial charge in [-0.2, -0.15) is 0 Å². The number of amides is 2. The minimum absolute atomic E-state index is 0.0268. The van der Waals surface area contributed by atoms with E-state index in [1.165, 1.54) is 13.0 Å². The number of esters is 1. The highest BCUT2D eigenvalue weighted by molar-refractivity contribution is 9.10. The maximum atomic E-state index is 12.6. The normalized spacial score (nSPS) is 12.3. The minimum atomic E-state index is -0.523. The summed E-state index contributed by atoms with van der Waals surface area (Å²) < 4.78 is 16.3. The lowest BCUT2D eigenvalue weighted by Crippen LogP contribution is -2.36. The Balaban J connectivity index is 1.78. The van der Waals surface area contributed by atoms with Gasteiger partial charge in [0.2, 0.25) is 6.79 Å². The van der Waals surface area contributed by atoms with Gasteiger partial charge in [-0.05, 0) is 48.0 Å². The van der Waals surface area contributed by atoms with E-state index < -0.39 is 17.8 Å². The molecule has 0 radical (unpaired) electrons. The van der Waals surface area contributed by atoms with Gasteiger partial charge in [0, 0.05) is 17.0 Å². The third-order valence-corrected chi connectivity index (χ3v) is 4.53. The minimum Gasteiger partial charge on any atom is -0.464 e. The van der Waals surface area contributed by atoms with Gasteiger partial charge in [0.05, 0.1) is 6.54 Å². The summed E-state index contributed by atoms with van der Waals surface area (Å²) in [4.78, 5) is 36.1. The SMILES string of the molecule is CC(=O)OCCNC(=O)/C(=C/c1ccc2c(c1)OCO2)NC(=O)c1ccc(Br)cc1. The van der Waals surface area contributed by atoms with Crippen molar-refractivity contribution in [3.8, 4) is 11.5 Å². The topological polar surface area (TPSA) is 103 Å². The standard InChI is InChI=1S/C21H19BrN2O6/c1-13(25)28-9-8-23-21(27)17(24-20(26)15-3-5-16(22)6-4-15)10-14-2-7-18-19(11-14)30-12-29-18/h2-7,10-11H,8-9,12H2,1H3,(H,23,27)(H,24,26)/b17-10-. The number of halogens is 1. The van der Waals surface area contributed by atoms with Gasteiger partial charge in [-0.3, -0.25) is 14.4 Å². The Labute approximate surface area is 181 Å². The van der Waals surface area contributed by atoms with Crippen LogP contribution in [0, 0.1) is 0 Å². The molecule has 1 aliphatic rings. The van der Waals surface area contributed by atoms with E-state index in [1.54, 1.807) is 42.5 Å². The van der Waals surface area contributed by atoms with Crippen LogP contribution < -0.4 is 20.1 Å². The third-order valence-electron chi connectivity index (χ3n) is 4.00. The Morgan fingerprint density at radius 2 is 1.83 bits per heavy atom.